The fraction of sp³-hybridized carbons (Fsp3) is 0.250. The van der Waals surface area contributed by atoms with E-state index in [1.807, 2.05) is 37.3 Å². The summed E-state index contributed by atoms with van der Waals surface area (Å²) in [6, 6.07) is 16.0. The van der Waals surface area contributed by atoms with E-state index < -0.39 is 9.84 Å². The average Bonchev–Trinajstić information content (AvgIpc) is 3.08. The number of sulfone groups is 1. The van der Waals surface area contributed by atoms with Crippen molar-refractivity contribution >= 4 is 15.7 Å². The molecule has 0 radical (unpaired) electrons. The Hall–Kier alpha value is -2.60. The fourth-order valence-corrected chi connectivity index (χ4v) is 3.79. The van der Waals surface area contributed by atoms with Gasteiger partial charge in [-0.25, -0.2) is 8.42 Å². The normalized spacial score (nSPS) is 11.5. The van der Waals surface area contributed by atoms with Crippen molar-refractivity contribution < 1.29 is 12.8 Å². The van der Waals surface area contributed by atoms with Crippen molar-refractivity contribution in [3.05, 3.63) is 60.2 Å². The van der Waals surface area contributed by atoms with Gasteiger partial charge in [0.1, 0.15) is 0 Å². The Morgan fingerprint density at radius 3 is 2.38 bits per heavy atom. The van der Waals surface area contributed by atoms with Gasteiger partial charge in [0, 0.05) is 12.1 Å². The molecule has 0 aliphatic carbocycles. The molecule has 0 amide bonds. The van der Waals surface area contributed by atoms with Gasteiger partial charge in [-0.05, 0) is 37.6 Å². The van der Waals surface area contributed by atoms with Crippen LogP contribution >= 0.6 is 0 Å². The zero-order chi connectivity index (χ0) is 18.6. The largest absolute Gasteiger partial charge is 0.419 e. The first kappa shape index (κ1) is 18.2. The third-order valence-corrected chi connectivity index (χ3v) is 5.70. The molecule has 3 rings (SSSR count). The molecule has 0 fully saturated rings. The van der Waals surface area contributed by atoms with E-state index in [4.69, 9.17) is 4.42 Å². The number of nitrogens with zero attached hydrogens (tertiary/aromatic N) is 1. The Balaban J connectivity index is 2.06. The van der Waals surface area contributed by atoms with Crippen LogP contribution in [0, 0.1) is 6.92 Å². The minimum Gasteiger partial charge on any atom is -0.419 e. The summed E-state index contributed by atoms with van der Waals surface area (Å²) < 4.78 is 31.9. The molecule has 0 aliphatic heterocycles. The third-order valence-electron chi connectivity index (χ3n) is 4.02. The number of nitrogens with one attached hydrogen (secondary N) is 1. The SMILES string of the molecule is CCCCNc1oc(-c2ccccc2)nc1S(=O)(=O)c1ccc(C)cc1. The molecule has 136 valence electrons. The van der Waals surface area contributed by atoms with E-state index in [1.54, 1.807) is 24.3 Å². The van der Waals surface area contributed by atoms with E-state index in [2.05, 4.69) is 17.2 Å². The Bertz CT molecular complexity index is 962. The van der Waals surface area contributed by atoms with Gasteiger partial charge >= 0.3 is 0 Å². The molecule has 1 aromatic heterocycles. The van der Waals surface area contributed by atoms with Gasteiger partial charge in [0.15, 0.2) is 0 Å². The van der Waals surface area contributed by atoms with Crippen molar-refractivity contribution in [2.45, 2.75) is 36.6 Å². The molecule has 0 saturated heterocycles. The summed E-state index contributed by atoms with van der Waals surface area (Å²) in [7, 11) is -3.78. The second-order valence-corrected chi connectivity index (χ2v) is 7.98. The van der Waals surface area contributed by atoms with Gasteiger partial charge < -0.3 is 9.73 Å². The van der Waals surface area contributed by atoms with Crippen molar-refractivity contribution in [3.8, 4) is 11.5 Å². The van der Waals surface area contributed by atoms with Crippen LogP contribution in [0.1, 0.15) is 25.3 Å². The Morgan fingerprint density at radius 1 is 1.04 bits per heavy atom. The van der Waals surface area contributed by atoms with E-state index in [1.165, 1.54) is 0 Å². The van der Waals surface area contributed by atoms with Crippen LogP contribution in [-0.2, 0) is 9.84 Å². The summed E-state index contributed by atoms with van der Waals surface area (Å²) in [6.45, 7) is 4.61. The van der Waals surface area contributed by atoms with E-state index in [-0.39, 0.29) is 21.7 Å². The van der Waals surface area contributed by atoms with E-state index >= 15 is 0 Å². The molecule has 3 aromatic rings. The summed E-state index contributed by atoms with van der Waals surface area (Å²) in [5.41, 5.74) is 1.73. The van der Waals surface area contributed by atoms with Crippen LogP contribution in [0.15, 0.2) is 68.9 Å². The van der Waals surface area contributed by atoms with Crippen LogP contribution in [0.3, 0.4) is 0 Å². The molecular weight excluding hydrogens is 348 g/mol. The molecule has 0 bridgehead atoms. The van der Waals surface area contributed by atoms with Crippen LogP contribution in [0.25, 0.3) is 11.5 Å². The molecule has 26 heavy (non-hydrogen) atoms. The highest BCUT2D eigenvalue weighted by Gasteiger charge is 2.28. The van der Waals surface area contributed by atoms with Crippen LogP contribution in [-0.4, -0.2) is 19.9 Å². The maximum absolute atomic E-state index is 13.1. The lowest BCUT2D eigenvalue weighted by Crippen LogP contribution is -2.08. The number of unbranched alkanes of at least 4 members (excludes halogenated alkanes) is 1. The second kappa shape index (κ2) is 7.74. The topological polar surface area (TPSA) is 72.2 Å². The van der Waals surface area contributed by atoms with Gasteiger partial charge in [0.25, 0.3) is 0 Å². The molecule has 0 atom stereocenters. The molecule has 0 saturated carbocycles. The van der Waals surface area contributed by atoms with Crippen LogP contribution in [0.5, 0.6) is 0 Å². The fourth-order valence-electron chi connectivity index (χ4n) is 2.51. The summed E-state index contributed by atoms with van der Waals surface area (Å²) >= 11 is 0. The van der Waals surface area contributed by atoms with Crippen LogP contribution in [0.4, 0.5) is 5.88 Å². The first-order chi connectivity index (χ1) is 12.5. The third kappa shape index (κ3) is 3.80. The average molecular weight is 370 g/mol. The number of rotatable bonds is 7. The molecule has 1 N–H and O–H groups in total. The van der Waals surface area contributed by atoms with Gasteiger partial charge in [-0.15, -0.1) is 0 Å². The van der Waals surface area contributed by atoms with Gasteiger partial charge in [-0.1, -0.05) is 49.2 Å². The molecule has 0 spiro atoms. The first-order valence-electron chi connectivity index (χ1n) is 8.64. The number of aryl methyl sites for hydroxylation is 1. The summed E-state index contributed by atoms with van der Waals surface area (Å²) in [5, 5.41) is 3.01. The van der Waals surface area contributed by atoms with Crippen molar-refractivity contribution in [1.82, 2.24) is 4.98 Å². The highest BCUT2D eigenvalue weighted by molar-refractivity contribution is 7.91. The molecule has 5 nitrogen and oxygen atoms in total. The zero-order valence-electron chi connectivity index (χ0n) is 14.9. The lowest BCUT2D eigenvalue weighted by Gasteiger charge is -2.05. The maximum Gasteiger partial charge on any atom is 0.233 e. The molecule has 2 aromatic carbocycles. The highest BCUT2D eigenvalue weighted by Crippen LogP contribution is 2.32. The Labute approximate surface area is 154 Å². The number of oxazole rings is 1. The minimum absolute atomic E-state index is 0.0729. The minimum atomic E-state index is -3.78. The van der Waals surface area contributed by atoms with Gasteiger partial charge in [-0.3, -0.25) is 0 Å². The number of aromatic nitrogens is 1. The van der Waals surface area contributed by atoms with Crippen LogP contribution < -0.4 is 5.32 Å². The molecule has 0 aliphatic rings. The number of hydrogen-bond donors (Lipinski definition) is 1. The molecule has 6 heteroatoms. The van der Waals surface area contributed by atoms with Crippen molar-refractivity contribution in [2.75, 3.05) is 11.9 Å². The van der Waals surface area contributed by atoms with E-state index in [0.717, 1.165) is 24.0 Å². The van der Waals surface area contributed by atoms with Crippen LogP contribution in [0.2, 0.25) is 0 Å². The monoisotopic (exact) mass is 370 g/mol. The Morgan fingerprint density at radius 2 is 1.73 bits per heavy atom. The highest BCUT2D eigenvalue weighted by atomic mass is 32.2. The summed E-state index contributed by atoms with van der Waals surface area (Å²) in [5.74, 6) is 0.480. The summed E-state index contributed by atoms with van der Waals surface area (Å²) in [6.07, 6.45) is 1.90. The predicted octanol–water partition coefficient (Wildman–Crippen LogP) is 4.69. The summed E-state index contributed by atoms with van der Waals surface area (Å²) in [4.78, 5) is 4.52. The standard InChI is InChI=1S/C20H22N2O3S/c1-3-4-14-21-19-20(22-18(25-19)16-8-6-5-7-9-16)26(23,24)17-12-10-15(2)11-13-17/h5-13,21H,3-4,14H2,1-2H3. The van der Waals surface area contributed by atoms with Gasteiger partial charge in [0.2, 0.25) is 26.6 Å². The lowest BCUT2D eigenvalue weighted by atomic mass is 10.2. The molecular formula is C20H22N2O3S. The van der Waals surface area contributed by atoms with Gasteiger partial charge in [0.05, 0.1) is 4.90 Å². The zero-order valence-corrected chi connectivity index (χ0v) is 15.7. The molecule has 1 heterocycles. The van der Waals surface area contributed by atoms with Gasteiger partial charge in [-0.2, -0.15) is 4.98 Å². The quantitative estimate of drug-likeness (QED) is 0.611. The van der Waals surface area contributed by atoms with E-state index in [9.17, 15) is 8.42 Å². The number of anilines is 1. The Kier molecular flexibility index (Phi) is 5.42. The van der Waals surface area contributed by atoms with E-state index in [0.29, 0.717) is 6.54 Å². The first-order valence-corrected chi connectivity index (χ1v) is 10.1. The van der Waals surface area contributed by atoms with Crippen molar-refractivity contribution in [2.24, 2.45) is 0 Å². The smallest absolute Gasteiger partial charge is 0.233 e. The van der Waals surface area contributed by atoms with Crippen molar-refractivity contribution in [3.63, 3.8) is 0 Å². The predicted molar refractivity (Wildman–Crippen MR) is 102 cm³/mol. The second-order valence-electron chi connectivity index (χ2n) is 6.12. The lowest BCUT2D eigenvalue weighted by molar-refractivity contribution is 0.575. The molecule has 0 unspecified atom stereocenters. The number of benzene rings is 2. The number of hydrogen-bond acceptors (Lipinski definition) is 5. The van der Waals surface area contributed by atoms with Crippen molar-refractivity contribution in [1.29, 1.82) is 0 Å². The maximum atomic E-state index is 13.1.